The number of nitrogens with one attached hydrogen (secondary N) is 1. The quantitative estimate of drug-likeness (QED) is 0.874. The Labute approximate surface area is 112 Å². The highest BCUT2D eigenvalue weighted by Crippen LogP contribution is 2.13. The lowest BCUT2D eigenvalue weighted by atomic mass is 10.0. The maximum Gasteiger partial charge on any atom is 0.137 e. The first-order valence-electron chi connectivity index (χ1n) is 5.99. The molecule has 0 saturated carbocycles. The smallest absolute Gasteiger partial charge is 0.137 e. The molecule has 0 bridgehead atoms. The van der Waals surface area contributed by atoms with E-state index in [0.717, 1.165) is 11.3 Å². The Morgan fingerprint density at radius 2 is 2.17 bits per heavy atom. The van der Waals surface area contributed by atoms with Gasteiger partial charge in [0, 0.05) is 31.1 Å². The van der Waals surface area contributed by atoms with Crippen molar-refractivity contribution in [3.8, 4) is 0 Å². The van der Waals surface area contributed by atoms with Crippen molar-refractivity contribution in [1.82, 2.24) is 14.7 Å². The Balaban J connectivity index is 2.08. The third kappa shape index (κ3) is 3.22. The second-order valence-electron chi connectivity index (χ2n) is 5.06. The fourth-order valence-electron chi connectivity index (χ4n) is 1.80. The summed E-state index contributed by atoms with van der Waals surface area (Å²) in [4.78, 5) is 4.50. The number of halogens is 1. The molecule has 4 nitrogen and oxygen atoms in total. The average molecular weight is 268 g/mol. The molecular weight excluding hydrogens is 250 g/mol. The van der Waals surface area contributed by atoms with Crippen molar-refractivity contribution in [1.29, 1.82) is 0 Å². The van der Waals surface area contributed by atoms with Gasteiger partial charge in [-0.2, -0.15) is 0 Å². The average Bonchev–Trinajstić information content (AvgIpc) is 2.68. The van der Waals surface area contributed by atoms with Crippen molar-refractivity contribution in [2.45, 2.75) is 32.4 Å². The molecule has 98 valence electrons. The lowest BCUT2D eigenvalue weighted by Crippen LogP contribution is -2.39. The third-order valence-electron chi connectivity index (χ3n) is 2.95. The Hall–Kier alpha value is -1.10. The summed E-state index contributed by atoms with van der Waals surface area (Å²) in [6.45, 7) is 4.98. The molecule has 2 N–H and O–H groups in total. The van der Waals surface area contributed by atoms with Crippen LogP contribution in [0.2, 0.25) is 5.02 Å². The van der Waals surface area contributed by atoms with Crippen LogP contribution in [0.15, 0.2) is 24.5 Å². The lowest BCUT2D eigenvalue weighted by molar-refractivity contribution is 0.229. The summed E-state index contributed by atoms with van der Waals surface area (Å²) in [5, 5.41) is 13.0. The fraction of sp³-hybridized carbons (Fsp3) is 0.462. The van der Waals surface area contributed by atoms with Crippen molar-refractivity contribution in [2.75, 3.05) is 6.61 Å². The van der Waals surface area contributed by atoms with E-state index in [9.17, 15) is 0 Å². The number of rotatable bonds is 5. The summed E-state index contributed by atoms with van der Waals surface area (Å²) >= 11 is 5.93. The molecule has 2 heterocycles. The summed E-state index contributed by atoms with van der Waals surface area (Å²) < 4.78 is 1.92. The molecule has 5 heteroatoms. The molecule has 2 aromatic rings. The number of hydrogen-bond acceptors (Lipinski definition) is 3. The minimum Gasteiger partial charge on any atom is -0.396 e. The summed E-state index contributed by atoms with van der Waals surface area (Å²) in [5.74, 6) is 0. The van der Waals surface area contributed by atoms with Gasteiger partial charge in [-0.15, -0.1) is 0 Å². The molecule has 2 aromatic heterocycles. The Morgan fingerprint density at radius 3 is 2.89 bits per heavy atom. The summed E-state index contributed by atoms with van der Waals surface area (Å²) in [7, 11) is 0. The van der Waals surface area contributed by atoms with Crippen molar-refractivity contribution < 1.29 is 5.11 Å². The van der Waals surface area contributed by atoms with Gasteiger partial charge in [0.25, 0.3) is 0 Å². The standard InChI is InChI=1S/C13H18ClN3O/c1-13(2,5-6-18)15-7-11-9-17-8-10(14)3-4-12(17)16-11/h3-4,8-9,15,18H,5-7H2,1-2H3. The monoisotopic (exact) mass is 267 g/mol. The van der Waals surface area contributed by atoms with E-state index in [1.807, 2.05) is 28.9 Å². The van der Waals surface area contributed by atoms with Crippen LogP contribution in [-0.4, -0.2) is 26.6 Å². The molecule has 18 heavy (non-hydrogen) atoms. The van der Waals surface area contributed by atoms with Crippen LogP contribution in [0.5, 0.6) is 0 Å². The molecule has 0 aliphatic heterocycles. The fourth-order valence-corrected chi connectivity index (χ4v) is 1.97. The first-order valence-corrected chi connectivity index (χ1v) is 6.37. The maximum atomic E-state index is 8.97. The Morgan fingerprint density at radius 1 is 1.39 bits per heavy atom. The number of pyridine rings is 1. The van der Waals surface area contributed by atoms with Crippen LogP contribution >= 0.6 is 11.6 Å². The third-order valence-corrected chi connectivity index (χ3v) is 3.17. The molecule has 0 atom stereocenters. The van der Waals surface area contributed by atoms with Gasteiger partial charge in [-0.25, -0.2) is 4.98 Å². The van der Waals surface area contributed by atoms with Gasteiger partial charge in [0.1, 0.15) is 5.65 Å². The summed E-state index contributed by atoms with van der Waals surface area (Å²) in [6, 6.07) is 3.72. The minimum absolute atomic E-state index is 0.0950. The molecule has 0 fully saturated rings. The van der Waals surface area contributed by atoms with E-state index in [0.29, 0.717) is 18.0 Å². The predicted octanol–water partition coefficient (Wildman–Crippen LogP) is 2.24. The van der Waals surface area contributed by atoms with Crippen LogP contribution in [-0.2, 0) is 6.54 Å². The van der Waals surface area contributed by atoms with E-state index in [-0.39, 0.29) is 12.1 Å². The van der Waals surface area contributed by atoms with Crippen LogP contribution in [0.1, 0.15) is 26.0 Å². The topological polar surface area (TPSA) is 49.6 Å². The molecule has 0 aliphatic carbocycles. The van der Waals surface area contributed by atoms with E-state index >= 15 is 0 Å². The zero-order chi connectivity index (χ0) is 13.2. The molecule has 0 unspecified atom stereocenters. The number of nitrogens with zero attached hydrogens (tertiary/aromatic N) is 2. The number of aromatic nitrogens is 2. The molecule has 2 rings (SSSR count). The number of aliphatic hydroxyl groups is 1. The van der Waals surface area contributed by atoms with Crippen molar-refractivity contribution in [3.05, 3.63) is 35.2 Å². The first kappa shape index (κ1) is 13.3. The van der Waals surface area contributed by atoms with Gasteiger partial charge < -0.3 is 14.8 Å². The molecule has 0 amide bonds. The maximum absolute atomic E-state index is 8.97. The van der Waals surface area contributed by atoms with Gasteiger partial charge >= 0.3 is 0 Å². The normalized spacial score (nSPS) is 12.2. The van der Waals surface area contributed by atoms with E-state index in [4.69, 9.17) is 16.7 Å². The van der Waals surface area contributed by atoms with Gasteiger partial charge in [0.2, 0.25) is 0 Å². The van der Waals surface area contributed by atoms with Crippen LogP contribution < -0.4 is 5.32 Å². The predicted molar refractivity (Wildman–Crippen MR) is 72.8 cm³/mol. The van der Waals surface area contributed by atoms with Crippen LogP contribution in [0.25, 0.3) is 5.65 Å². The zero-order valence-electron chi connectivity index (χ0n) is 10.7. The van der Waals surface area contributed by atoms with E-state index < -0.39 is 0 Å². The molecule has 0 aliphatic rings. The molecule has 0 aromatic carbocycles. The second-order valence-corrected chi connectivity index (χ2v) is 5.49. The van der Waals surface area contributed by atoms with Gasteiger partial charge in [-0.3, -0.25) is 0 Å². The van der Waals surface area contributed by atoms with Gasteiger partial charge in [-0.05, 0) is 32.4 Å². The number of hydrogen-bond donors (Lipinski definition) is 2. The summed E-state index contributed by atoms with van der Waals surface area (Å²) in [6.07, 6.45) is 4.52. The van der Waals surface area contributed by atoms with Crippen molar-refractivity contribution in [3.63, 3.8) is 0 Å². The lowest BCUT2D eigenvalue weighted by Gasteiger charge is -2.24. The van der Waals surface area contributed by atoms with Gasteiger partial charge in [0.15, 0.2) is 0 Å². The number of imidazole rings is 1. The number of aliphatic hydroxyl groups excluding tert-OH is 1. The van der Waals surface area contributed by atoms with Crippen molar-refractivity contribution in [2.24, 2.45) is 0 Å². The minimum atomic E-state index is -0.0950. The van der Waals surface area contributed by atoms with Crippen LogP contribution in [0.4, 0.5) is 0 Å². The highest BCUT2D eigenvalue weighted by Gasteiger charge is 2.16. The molecule has 0 radical (unpaired) electrons. The highest BCUT2D eigenvalue weighted by molar-refractivity contribution is 6.30. The van der Waals surface area contributed by atoms with E-state index in [2.05, 4.69) is 24.1 Å². The van der Waals surface area contributed by atoms with E-state index in [1.165, 1.54) is 0 Å². The Bertz CT molecular complexity index is 536. The SMILES string of the molecule is CC(C)(CCO)NCc1cn2cc(Cl)ccc2n1. The number of fused-ring (bicyclic) bond motifs is 1. The molecule has 0 spiro atoms. The Kier molecular flexibility index (Phi) is 3.90. The highest BCUT2D eigenvalue weighted by atomic mass is 35.5. The van der Waals surface area contributed by atoms with Gasteiger partial charge in [-0.1, -0.05) is 11.6 Å². The first-order chi connectivity index (χ1) is 8.50. The van der Waals surface area contributed by atoms with Crippen LogP contribution in [0.3, 0.4) is 0 Å². The largest absolute Gasteiger partial charge is 0.396 e. The molecule has 0 saturated heterocycles. The van der Waals surface area contributed by atoms with Crippen molar-refractivity contribution >= 4 is 17.2 Å². The second kappa shape index (κ2) is 5.26. The summed E-state index contributed by atoms with van der Waals surface area (Å²) in [5.41, 5.74) is 1.75. The van der Waals surface area contributed by atoms with Crippen LogP contribution in [0, 0.1) is 0 Å². The zero-order valence-corrected chi connectivity index (χ0v) is 11.4. The van der Waals surface area contributed by atoms with E-state index in [1.54, 1.807) is 0 Å². The molecular formula is C13H18ClN3O. The van der Waals surface area contributed by atoms with Gasteiger partial charge in [0.05, 0.1) is 10.7 Å².